The average molecular weight is 592 g/mol. The van der Waals surface area contributed by atoms with Gasteiger partial charge < -0.3 is 5.32 Å². The van der Waals surface area contributed by atoms with Crippen molar-refractivity contribution in [1.29, 1.82) is 0 Å². The molecule has 2 aliphatic rings. The first-order valence-electron chi connectivity index (χ1n) is 10.6. The molecule has 1 aromatic carbocycles. The van der Waals surface area contributed by atoms with Gasteiger partial charge in [0.05, 0.1) is 31.5 Å². The highest BCUT2D eigenvalue weighted by Gasteiger charge is 2.29. The van der Waals surface area contributed by atoms with Crippen LogP contribution in [-0.4, -0.2) is 30.4 Å². The van der Waals surface area contributed by atoms with Crippen LogP contribution in [0.4, 0.5) is 0 Å². The smallest absolute Gasteiger partial charge is 0.220 e. The van der Waals surface area contributed by atoms with Crippen molar-refractivity contribution < 1.29 is 4.79 Å². The molecule has 1 N–H and O–H groups in total. The maximum absolute atomic E-state index is 12.3. The minimum absolute atomic E-state index is 0.0664. The number of carbonyl (C=O) groups is 1. The largest absolute Gasteiger partial charge is 0.350 e. The van der Waals surface area contributed by atoms with Crippen molar-refractivity contribution in [3.63, 3.8) is 0 Å². The summed E-state index contributed by atoms with van der Waals surface area (Å²) in [6.45, 7) is 2.05. The number of hydrogen-bond acceptors (Lipinski definition) is 9. The fourth-order valence-corrected chi connectivity index (χ4v) is 13.8. The lowest BCUT2D eigenvalue weighted by Crippen LogP contribution is -2.26. The molecule has 0 spiro atoms. The lowest BCUT2D eigenvalue weighted by atomic mass is 10.1. The van der Waals surface area contributed by atoms with Crippen LogP contribution in [0.2, 0.25) is 0 Å². The van der Waals surface area contributed by atoms with E-state index in [0.29, 0.717) is 6.42 Å². The van der Waals surface area contributed by atoms with Crippen molar-refractivity contribution in [1.82, 2.24) is 5.32 Å². The maximum Gasteiger partial charge on any atom is 0.220 e. The Morgan fingerprint density at radius 2 is 1.36 bits per heavy atom. The Hall–Kier alpha value is 0.710. The Morgan fingerprint density at radius 3 is 1.94 bits per heavy atom. The van der Waals surface area contributed by atoms with Crippen LogP contribution in [0.25, 0.3) is 0 Å². The van der Waals surface area contributed by atoms with Gasteiger partial charge in [0.15, 0.2) is 0 Å². The van der Waals surface area contributed by atoms with E-state index in [1.807, 2.05) is 119 Å². The first kappa shape index (κ1) is 28.3. The van der Waals surface area contributed by atoms with E-state index in [4.69, 9.17) is 0 Å². The molecule has 3 rings (SSSR count). The standard InChI is InChI=1S/C23H29NOS8/c1-15(16-11-7-5-8-12-16)24-17(25)13-9-6-10-14-29-21-20(28-4)32-23(33-21)22-30-18(26-2)19(27-3)31-22/h5,7-8,11-12,15H,6,9-10,13-14H2,1-4H3,(H,24,25). The van der Waals surface area contributed by atoms with Gasteiger partial charge in [-0.1, -0.05) is 83.8 Å². The van der Waals surface area contributed by atoms with E-state index >= 15 is 0 Å². The molecule has 1 aromatic rings. The lowest BCUT2D eigenvalue weighted by Gasteiger charge is -2.14. The second kappa shape index (κ2) is 15.1. The second-order valence-corrected chi connectivity index (χ2v) is 16.3. The maximum atomic E-state index is 12.3. The molecule has 0 fully saturated rings. The van der Waals surface area contributed by atoms with Crippen LogP contribution in [0, 0.1) is 0 Å². The molecule has 2 nitrogen and oxygen atoms in total. The fourth-order valence-electron chi connectivity index (χ4n) is 3.04. The van der Waals surface area contributed by atoms with Crippen molar-refractivity contribution in [3.8, 4) is 0 Å². The molecule has 33 heavy (non-hydrogen) atoms. The number of thioether (sulfide) groups is 8. The Balaban J connectivity index is 1.36. The highest BCUT2D eigenvalue weighted by Crippen LogP contribution is 2.65. The van der Waals surface area contributed by atoms with Gasteiger partial charge in [0, 0.05) is 6.42 Å². The van der Waals surface area contributed by atoms with Crippen molar-refractivity contribution in [2.24, 2.45) is 0 Å². The minimum Gasteiger partial charge on any atom is -0.350 e. The van der Waals surface area contributed by atoms with Gasteiger partial charge in [0.25, 0.3) is 0 Å². The molecule has 0 saturated carbocycles. The highest BCUT2D eigenvalue weighted by atomic mass is 32.3. The molecule has 0 aromatic heterocycles. The molecule has 0 aliphatic carbocycles. The Labute approximate surface area is 232 Å². The average Bonchev–Trinajstić information content (AvgIpc) is 3.45. The number of rotatable bonds is 12. The molecule has 10 heteroatoms. The van der Waals surface area contributed by atoms with Gasteiger partial charge in [-0.05, 0) is 49.8 Å². The molecule has 2 aliphatic heterocycles. The first-order chi connectivity index (χ1) is 16.0. The lowest BCUT2D eigenvalue weighted by molar-refractivity contribution is -0.121. The molecule has 0 saturated heterocycles. The molecule has 180 valence electrons. The zero-order chi connectivity index (χ0) is 23.6. The quantitative estimate of drug-likeness (QED) is 0.239. The predicted octanol–water partition coefficient (Wildman–Crippen LogP) is 9.59. The summed E-state index contributed by atoms with van der Waals surface area (Å²) in [7, 11) is 0. The summed E-state index contributed by atoms with van der Waals surface area (Å²) in [5, 5.41) is 3.12. The van der Waals surface area contributed by atoms with Gasteiger partial charge >= 0.3 is 0 Å². The van der Waals surface area contributed by atoms with Crippen molar-refractivity contribution in [2.45, 2.75) is 38.6 Å². The summed E-state index contributed by atoms with van der Waals surface area (Å²) < 4.78 is 8.64. The first-order valence-corrected chi connectivity index (χ1v) is 18.5. The topological polar surface area (TPSA) is 29.1 Å². The molecular formula is C23H29NOS8. The number of carbonyl (C=O) groups excluding carboxylic acids is 1. The predicted molar refractivity (Wildman–Crippen MR) is 166 cm³/mol. The van der Waals surface area contributed by atoms with Crippen molar-refractivity contribution in [3.05, 3.63) is 61.3 Å². The van der Waals surface area contributed by atoms with Crippen LogP contribution in [0.15, 0.2) is 55.8 Å². The van der Waals surface area contributed by atoms with Crippen LogP contribution in [0.5, 0.6) is 0 Å². The van der Waals surface area contributed by atoms with Crippen molar-refractivity contribution in [2.75, 3.05) is 24.5 Å². The third-order valence-electron chi connectivity index (χ3n) is 4.76. The second-order valence-electron chi connectivity index (χ2n) is 7.10. The summed E-state index contributed by atoms with van der Waals surface area (Å²) in [4.78, 5) is 12.3. The molecular weight excluding hydrogens is 563 g/mol. The van der Waals surface area contributed by atoms with Crippen LogP contribution in [0.3, 0.4) is 0 Å². The number of unbranched alkanes of at least 4 members (excludes halogenated alkanes) is 2. The van der Waals surface area contributed by atoms with Gasteiger partial charge in [-0.2, -0.15) is 0 Å². The molecule has 0 bridgehead atoms. The monoisotopic (exact) mass is 591 g/mol. The zero-order valence-corrected chi connectivity index (χ0v) is 25.7. The molecule has 0 radical (unpaired) electrons. The Bertz CT molecular complexity index is 894. The molecule has 2 heterocycles. The Morgan fingerprint density at radius 1 is 0.818 bits per heavy atom. The summed E-state index contributed by atoms with van der Waals surface area (Å²) in [6.07, 6.45) is 10.3. The third-order valence-corrected chi connectivity index (χ3v) is 16.0. The van der Waals surface area contributed by atoms with Crippen LogP contribution < -0.4 is 5.32 Å². The van der Waals surface area contributed by atoms with Gasteiger partial charge in [-0.3, -0.25) is 4.79 Å². The number of hydrogen-bond donors (Lipinski definition) is 1. The highest BCUT2D eigenvalue weighted by molar-refractivity contribution is 8.44. The number of amides is 1. The van der Waals surface area contributed by atoms with Crippen LogP contribution in [0.1, 0.15) is 44.2 Å². The van der Waals surface area contributed by atoms with E-state index in [1.54, 1.807) is 0 Å². The minimum atomic E-state index is 0.0664. The summed E-state index contributed by atoms with van der Waals surface area (Å²) >= 11 is 15.3. The van der Waals surface area contributed by atoms with E-state index in [2.05, 4.69) is 36.2 Å². The SMILES string of the molecule is CSC1=C(SC)SC(=C2SC(SC)=C(SCCCCCC(=O)NC(C)c3ccccc3)S2)S1. The van der Waals surface area contributed by atoms with E-state index in [1.165, 1.54) is 25.4 Å². The van der Waals surface area contributed by atoms with Gasteiger partial charge in [-0.25, -0.2) is 0 Å². The van der Waals surface area contributed by atoms with Crippen LogP contribution in [-0.2, 0) is 4.79 Å². The van der Waals surface area contributed by atoms with Gasteiger partial charge in [0.2, 0.25) is 5.91 Å². The van der Waals surface area contributed by atoms with E-state index in [9.17, 15) is 4.79 Å². The normalized spacial score (nSPS) is 17.3. The summed E-state index contributed by atoms with van der Waals surface area (Å²) in [5.74, 6) is 1.27. The third kappa shape index (κ3) is 8.65. The Kier molecular flexibility index (Phi) is 12.9. The van der Waals surface area contributed by atoms with E-state index < -0.39 is 0 Å². The van der Waals surface area contributed by atoms with E-state index in [0.717, 1.165) is 30.6 Å². The number of nitrogens with one attached hydrogen (secondary N) is 1. The molecule has 1 unspecified atom stereocenters. The van der Waals surface area contributed by atoms with Crippen LogP contribution >= 0.6 is 94.1 Å². The number of benzene rings is 1. The van der Waals surface area contributed by atoms with Crippen molar-refractivity contribution >= 4 is 100 Å². The van der Waals surface area contributed by atoms with E-state index in [-0.39, 0.29) is 11.9 Å². The van der Waals surface area contributed by atoms with Gasteiger partial charge in [0.1, 0.15) is 0 Å². The zero-order valence-electron chi connectivity index (χ0n) is 19.2. The summed E-state index contributed by atoms with van der Waals surface area (Å²) in [6, 6.07) is 10.2. The fraction of sp³-hybridized carbons (Fsp3) is 0.435. The molecule has 1 atom stereocenters. The summed E-state index contributed by atoms with van der Waals surface area (Å²) in [5.41, 5.74) is 1.15. The molecule has 1 amide bonds. The van der Waals surface area contributed by atoms with Gasteiger partial charge in [-0.15, -0.1) is 47.0 Å².